The van der Waals surface area contributed by atoms with Gasteiger partial charge in [0.25, 0.3) is 11.7 Å². The van der Waals surface area contributed by atoms with Crippen molar-refractivity contribution in [3.8, 4) is 0 Å². The number of carbonyl (C=O) groups excluding carboxylic acids is 2. The van der Waals surface area contributed by atoms with E-state index in [9.17, 15) is 9.59 Å². The molecule has 0 radical (unpaired) electrons. The number of benzene rings is 1. The van der Waals surface area contributed by atoms with Gasteiger partial charge < -0.3 is 4.90 Å². The van der Waals surface area contributed by atoms with Crippen molar-refractivity contribution in [2.45, 2.75) is 32.1 Å². The lowest BCUT2D eigenvalue weighted by Gasteiger charge is -2.18. The highest BCUT2D eigenvalue weighted by Crippen LogP contribution is 2.35. The van der Waals surface area contributed by atoms with Gasteiger partial charge in [-0.15, -0.1) is 0 Å². The molecule has 0 N–H and O–H groups in total. The summed E-state index contributed by atoms with van der Waals surface area (Å²) in [5, 5.41) is 0. The zero-order valence-corrected chi connectivity index (χ0v) is 12.3. The van der Waals surface area contributed by atoms with Crippen LogP contribution in [0.25, 0.3) is 0 Å². The van der Waals surface area contributed by atoms with Gasteiger partial charge in [0.05, 0.1) is 11.3 Å². The summed E-state index contributed by atoms with van der Waals surface area (Å²) in [6, 6.07) is 5.54. The fraction of sp³-hybridized carbons (Fsp3) is 0.467. The van der Waals surface area contributed by atoms with Crippen molar-refractivity contribution in [2.75, 3.05) is 11.4 Å². The lowest BCUT2D eigenvalue weighted by molar-refractivity contribution is -0.114. The number of hydrogen-bond acceptors (Lipinski definition) is 2. The lowest BCUT2D eigenvalue weighted by atomic mass is 10.0. The van der Waals surface area contributed by atoms with Crippen molar-refractivity contribution >= 4 is 33.3 Å². The molecule has 4 heteroatoms. The summed E-state index contributed by atoms with van der Waals surface area (Å²) in [5.41, 5.74) is 1.29. The van der Waals surface area contributed by atoms with E-state index < -0.39 is 0 Å². The SMILES string of the molecule is O=C1C(=O)N(CCC2CCCC2)c2cccc(Br)c21. The van der Waals surface area contributed by atoms with Gasteiger partial charge in [0.15, 0.2) is 0 Å². The van der Waals surface area contributed by atoms with E-state index in [1.54, 1.807) is 4.90 Å². The summed E-state index contributed by atoms with van der Waals surface area (Å²) in [6.45, 7) is 0.665. The van der Waals surface area contributed by atoms with E-state index in [4.69, 9.17) is 0 Å². The van der Waals surface area contributed by atoms with Crippen LogP contribution in [0.5, 0.6) is 0 Å². The first-order chi connectivity index (χ1) is 9.18. The number of anilines is 1. The van der Waals surface area contributed by atoms with Crippen molar-refractivity contribution in [3.63, 3.8) is 0 Å². The third-order valence-corrected chi connectivity index (χ3v) is 4.85. The van der Waals surface area contributed by atoms with Crippen molar-refractivity contribution in [1.29, 1.82) is 0 Å². The molecule has 2 aliphatic rings. The third kappa shape index (κ3) is 2.22. The van der Waals surface area contributed by atoms with Gasteiger partial charge in [-0.3, -0.25) is 9.59 Å². The Bertz CT molecular complexity index is 535. The molecule has 0 spiro atoms. The maximum absolute atomic E-state index is 12.1. The Labute approximate surface area is 121 Å². The van der Waals surface area contributed by atoms with Crippen LogP contribution < -0.4 is 4.90 Å². The lowest BCUT2D eigenvalue weighted by Crippen LogP contribution is -2.31. The summed E-state index contributed by atoms with van der Waals surface area (Å²) in [4.78, 5) is 25.7. The Hall–Kier alpha value is -1.16. The Morgan fingerprint density at radius 1 is 1.21 bits per heavy atom. The normalized spacial score (nSPS) is 19.3. The molecule has 1 aliphatic carbocycles. The summed E-state index contributed by atoms with van der Waals surface area (Å²) in [7, 11) is 0. The first kappa shape index (κ1) is 12.9. The van der Waals surface area contributed by atoms with Gasteiger partial charge in [0, 0.05) is 11.0 Å². The van der Waals surface area contributed by atoms with Gasteiger partial charge in [-0.1, -0.05) is 31.7 Å². The van der Waals surface area contributed by atoms with Gasteiger partial charge in [-0.05, 0) is 40.4 Å². The largest absolute Gasteiger partial charge is 0.305 e. The van der Waals surface area contributed by atoms with E-state index in [1.165, 1.54) is 25.7 Å². The second-order valence-electron chi connectivity index (χ2n) is 5.36. The third-order valence-electron chi connectivity index (χ3n) is 4.18. The highest BCUT2D eigenvalue weighted by Gasteiger charge is 2.37. The summed E-state index contributed by atoms with van der Waals surface area (Å²) in [5.74, 6) is -0.0344. The van der Waals surface area contributed by atoms with E-state index in [1.807, 2.05) is 18.2 Å². The van der Waals surface area contributed by atoms with Crippen LogP contribution in [0.4, 0.5) is 5.69 Å². The molecule has 1 amide bonds. The monoisotopic (exact) mass is 321 g/mol. The fourth-order valence-electron chi connectivity index (χ4n) is 3.13. The molecular weight excluding hydrogens is 306 g/mol. The minimum Gasteiger partial charge on any atom is -0.305 e. The Kier molecular flexibility index (Phi) is 3.44. The second kappa shape index (κ2) is 5.08. The standard InChI is InChI=1S/C15H16BrNO2/c16-11-6-3-7-12-13(11)14(18)15(19)17(12)9-8-10-4-1-2-5-10/h3,6-7,10H,1-2,4-5,8-9H2. The quantitative estimate of drug-likeness (QED) is 0.798. The van der Waals surface area contributed by atoms with E-state index in [2.05, 4.69) is 15.9 Å². The number of nitrogens with zero attached hydrogens (tertiary/aromatic N) is 1. The van der Waals surface area contributed by atoms with Gasteiger partial charge in [-0.25, -0.2) is 0 Å². The predicted molar refractivity (Wildman–Crippen MR) is 77.4 cm³/mol. The molecule has 3 rings (SSSR count). The molecule has 100 valence electrons. The molecule has 3 nitrogen and oxygen atoms in total. The number of fused-ring (bicyclic) bond motifs is 1. The van der Waals surface area contributed by atoms with E-state index in [0.29, 0.717) is 16.6 Å². The van der Waals surface area contributed by atoms with Crippen molar-refractivity contribution in [1.82, 2.24) is 0 Å². The average molecular weight is 322 g/mol. The topological polar surface area (TPSA) is 37.4 Å². The van der Waals surface area contributed by atoms with Gasteiger partial charge in [0.2, 0.25) is 0 Å². The zero-order chi connectivity index (χ0) is 13.4. The highest BCUT2D eigenvalue weighted by atomic mass is 79.9. The first-order valence-corrected chi connectivity index (χ1v) is 7.62. The molecule has 0 unspecified atom stereocenters. The van der Waals surface area contributed by atoms with E-state index >= 15 is 0 Å². The number of Topliss-reactive ketones (excluding diaryl/α,β-unsaturated/α-hetero) is 1. The average Bonchev–Trinajstić information content (AvgIpc) is 2.98. The Balaban J connectivity index is 1.81. The van der Waals surface area contributed by atoms with Crippen LogP contribution in [-0.4, -0.2) is 18.2 Å². The molecule has 1 aliphatic heterocycles. The maximum Gasteiger partial charge on any atom is 0.299 e. The maximum atomic E-state index is 12.1. The van der Waals surface area contributed by atoms with Crippen LogP contribution in [0, 0.1) is 5.92 Å². The van der Waals surface area contributed by atoms with E-state index in [-0.39, 0.29) is 11.7 Å². The number of amides is 1. The summed E-state index contributed by atoms with van der Waals surface area (Å²) >= 11 is 3.36. The summed E-state index contributed by atoms with van der Waals surface area (Å²) < 4.78 is 0.715. The Morgan fingerprint density at radius 3 is 2.68 bits per heavy atom. The molecular formula is C15H16BrNO2. The number of halogens is 1. The van der Waals surface area contributed by atoms with Gasteiger partial charge >= 0.3 is 0 Å². The van der Waals surface area contributed by atoms with Gasteiger partial charge in [-0.2, -0.15) is 0 Å². The van der Waals surface area contributed by atoms with Crippen LogP contribution in [0.1, 0.15) is 42.5 Å². The first-order valence-electron chi connectivity index (χ1n) is 6.83. The number of hydrogen-bond donors (Lipinski definition) is 0. The fourth-order valence-corrected chi connectivity index (χ4v) is 3.67. The van der Waals surface area contributed by atoms with Crippen LogP contribution in [0.15, 0.2) is 22.7 Å². The molecule has 0 bridgehead atoms. The highest BCUT2D eigenvalue weighted by molar-refractivity contribution is 9.10. The molecule has 1 heterocycles. The zero-order valence-electron chi connectivity index (χ0n) is 10.7. The number of ketones is 1. The second-order valence-corrected chi connectivity index (χ2v) is 6.21. The van der Waals surface area contributed by atoms with Crippen LogP contribution >= 0.6 is 15.9 Å². The van der Waals surface area contributed by atoms with Crippen molar-refractivity contribution in [3.05, 3.63) is 28.2 Å². The van der Waals surface area contributed by atoms with Crippen molar-refractivity contribution in [2.24, 2.45) is 5.92 Å². The molecule has 0 saturated heterocycles. The molecule has 1 fully saturated rings. The minimum absolute atomic E-state index is 0.375. The molecule has 1 saturated carbocycles. The predicted octanol–water partition coefficient (Wildman–Crippen LogP) is 3.56. The smallest absolute Gasteiger partial charge is 0.299 e. The molecule has 19 heavy (non-hydrogen) atoms. The van der Waals surface area contributed by atoms with Crippen LogP contribution in [-0.2, 0) is 4.79 Å². The molecule has 0 aromatic heterocycles. The molecule has 1 aromatic rings. The molecule has 1 aromatic carbocycles. The number of carbonyl (C=O) groups is 2. The molecule has 0 atom stereocenters. The van der Waals surface area contributed by atoms with E-state index in [0.717, 1.165) is 18.0 Å². The number of rotatable bonds is 3. The minimum atomic E-state index is -0.381. The van der Waals surface area contributed by atoms with Gasteiger partial charge in [0.1, 0.15) is 0 Å². The van der Waals surface area contributed by atoms with Crippen LogP contribution in [0.3, 0.4) is 0 Å². The van der Waals surface area contributed by atoms with Crippen molar-refractivity contribution < 1.29 is 9.59 Å². The Morgan fingerprint density at radius 2 is 1.95 bits per heavy atom. The van der Waals surface area contributed by atoms with Crippen LogP contribution in [0.2, 0.25) is 0 Å². The summed E-state index contributed by atoms with van der Waals surface area (Å²) in [6.07, 6.45) is 6.15.